The van der Waals surface area contributed by atoms with Crippen LogP contribution in [0.15, 0.2) is 36.5 Å². The van der Waals surface area contributed by atoms with Crippen LogP contribution >= 0.6 is 0 Å². The van der Waals surface area contributed by atoms with Crippen molar-refractivity contribution in [2.24, 2.45) is 0 Å². The fraction of sp³-hybridized carbons (Fsp3) is 0.842. The van der Waals surface area contributed by atoms with Crippen LogP contribution in [0.4, 0.5) is 0 Å². The molecule has 0 aromatic rings. The number of allylic oxidation sites excluding steroid dienone is 6. The lowest BCUT2D eigenvalue weighted by atomic mass is 10.0. The van der Waals surface area contributed by atoms with Crippen molar-refractivity contribution in [3.05, 3.63) is 36.5 Å². The molecule has 0 saturated heterocycles. The molecule has 0 amide bonds. The monoisotopic (exact) mass is 885 g/mol. The zero-order chi connectivity index (χ0) is 45.8. The van der Waals surface area contributed by atoms with Gasteiger partial charge in [0.25, 0.3) is 0 Å². The zero-order valence-corrected chi connectivity index (χ0v) is 42.1. The van der Waals surface area contributed by atoms with Gasteiger partial charge in [-0.15, -0.1) is 0 Å². The van der Waals surface area contributed by atoms with Gasteiger partial charge in [-0.2, -0.15) is 0 Å². The minimum absolute atomic E-state index is 0.0716. The lowest BCUT2D eigenvalue weighted by molar-refractivity contribution is -0.167. The predicted molar refractivity (Wildman–Crippen MR) is 270 cm³/mol. The van der Waals surface area contributed by atoms with Crippen molar-refractivity contribution in [1.82, 2.24) is 0 Å². The summed E-state index contributed by atoms with van der Waals surface area (Å²) >= 11 is 0. The Labute approximate surface area is 391 Å². The first-order chi connectivity index (χ1) is 31.0. The van der Waals surface area contributed by atoms with Gasteiger partial charge < -0.3 is 14.2 Å². The molecular weight excluding hydrogens is 781 g/mol. The Kier molecular flexibility index (Phi) is 50.3. The molecule has 1 atom stereocenters. The summed E-state index contributed by atoms with van der Waals surface area (Å²) in [7, 11) is 0. The minimum Gasteiger partial charge on any atom is -0.462 e. The highest BCUT2D eigenvalue weighted by atomic mass is 16.6. The van der Waals surface area contributed by atoms with E-state index in [9.17, 15) is 14.4 Å². The van der Waals surface area contributed by atoms with E-state index in [2.05, 4.69) is 57.2 Å². The molecule has 0 heterocycles. The third-order valence-electron chi connectivity index (χ3n) is 12.2. The van der Waals surface area contributed by atoms with E-state index < -0.39 is 6.10 Å². The molecule has 0 aliphatic rings. The first kappa shape index (κ1) is 60.6. The highest BCUT2D eigenvalue weighted by Crippen LogP contribution is 2.16. The van der Waals surface area contributed by atoms with E-state index in [-0.39, 0.29) is 31.1 Å². The maximum atomic E-state index is 12.8. The molecular formula is C57H104O6. The number of ether oxygens (including phenoxy) is 3. The van der Waals surface area contributed by atoms with Gasteiger partial charge in [0, 0.05) is 19.3 Å². The first-order valence-electron chi connectivity index (χ1n) is 27.5. The van der Waals surface area contributed by atoms with Gasteiger partial charge in [-0.1, -0.05) is 256 Å². The van der Waals surface area contributed by atoms with Crippen molar-refractivity contribution in [2.75, 3.05) is 13.2 Å². The lowest BCUT2D eigenvalue weighted by Crippen LogP contribution is -2.30. The minimum atomic E-state index is -0.772. The summed E-state index contributed by atoms with van der Waals surface area (Å²) < 4.78 is 16.8. The van der Waals surface area contributed by atoms with E-state index in [4.69, 9.17) is 14.2 Å². The number of unbranched alkanes of at least 4 members (excludes halogenated alkanes) is 33. The van der Waals surface area contributed by atoms with Crippen LogP contribution in [0.3, 0.4) is 0 Å². The number of carbonyl (C=O) groups excluding carboxylic acids is 3. The Morgan fingerprint density at radius 3 is 0.968 bits per heavy atom. The second kappa shape index (κ2) is 52.3. The van der Waals surface area contributed by atoms with Crippen LogP contribution in [0.2, 0.25) is 0 Å². The topological polar surface area (TPSA) is 78.9 Å². The molecule has 0 spiro atoms. The molecule has 0 aromatic heterocycles. The van der Waals surface area contributed by atoms with E-state index in [1.807, 2.05) is 0 Å². The second-order valence-electron chi connectivity index (χ2n) is 18.5. The Hall–Kier alpha value is -2.37. The molecule has 0 saturated carbocycles. The number of rotatable bonds is 50. The first-order valence-corrected chi connectivity index (χ1v) is 27.5. The van der Waals surface area contributed by atoms with Crippen molar-refractivity contribution in [2.45, 2.75) is 297 Å². The lowest BCUT2D eigenvalue weighted by Gasteiger charge is -2.18. The molecule has 0 radical (unpaired) electrons. The third-order valence-corrected chi connectivity index (χ3v) is 12.2. The van der Waals surface area contributed by atoms with Crippen LogP contribution in [-0.2, 0) is 28.6 Å². The van der Waals surface area contributed by atoms with E-state index in [0.717, 1.165) is 83.5 Å². The fourth-order valence-corrected chi connectivity index (χ4v) is 8.05. The maximum Gasteiger partial charge on any atom is 0.306 e. The third kappa shape index (κ3) is 50.5. The smallest absolute Gasteiger partial charge is 0.306 e. The summed E-state index contributed by atoms with van der Waals surface area (Å²) in [6.07, 6.45) is 61.2. The van der Waals surface area contributed by atoms with Gasteiger partial charge in [0.05, 0.1) is 0 Å². The van der Waals surface area contributed by atoms with Gasteiger partial charge in [0.15, 0.2) is 6.10 Å². The molecule has 0 rings (SSSR count). The molecule has 0 N–H and O–H groups in total. The van der Waals surface area contributed by atoms with Crippen molar-refractivity contribution < 1.29 is 28.6 Å². The van der Waals surface area contributed by atoms with Crippen LogP contribution in [0.1, 0.15) is 290 Å². The molecule has 63 heavy (non-hydrogen) atoms. The SMILES string of the molecule is CC/C=C\C/C=C\C/C=C\CCCCCCCCC(=O)OCC(COC(=O)CCCCCCCCCCCCCCCC)OC(=O)CCCCCCCCCCCCCCCCC. The Balaban J connectivity index is 4.36. The predicted octanol–water partition coefficient (Wildman–Crippen LogP) is 18.1. The molecule has 0 aliphatic heterocycles. The molecule has 6 heteroatoms. The zero-order valence-electron chi connectivity index (χ0n) is 42.1. The molecule has 6 nitrogen and oxygen atoms in total. The highest BCUT2D eigenvalue weighted by Gasteiger charge is 2.19. The summed E-state index contributed by atoms with van der Waals surface area (Å²) in [5.74, 6) is -0.868. The van der Waals surface area contributed by atoms with E-state index in [1.165, 1.54) is 167 Å². The van der Waals surface area contributed by atoms with Crippen molar-refractivity contribution in [3.63, 3.8) is 0 Å². The van der Waals surface area contributed by atoms with Crippen molar-refractivity contribution in [3.8, 4) is 0 Å². The highest BCUT2D eigenvalue weighted by molar-refractivity contribution is 5.71. The van der Waals surface area contributed by atoms with Crippen LogP contribution in [0.5, 0.6) is 0 Å². The van der Waals surface area contributed by atoms with Gasteiger partial charge in [-0.3, -0.25) is 14.4 Å². The summed E-state index contributed by atoms with van der Waals surface area (Å²) in [6, 6.07) is 0. The second-order valence-corrected chi connectivity index (χ2v) is 18.5. The van der Waals surface area contributed by atoms with E-state index in [0.29, 0.717) is 19.3 Å². The Bertz CT molecular complexity index is 1060. The largest absolute Gasteiger partial charge is 0.462 e. The molecule has 0 fully saturated rings. The maximum absolute atomic E-state index is 12.8. The van der Waals surface area contributed by atoms with Crippen molar-refractivity contribution >= 4 is 17.9 Å². The van der Waals surface area contributed by atoms with Crippen LogP contribution in [-0.4, -0.2) is 37.2 Å². The summed E-state index contributed by atoms with van der Waals surface area (Å²) in [5.41, 5.74) is 0. The number of hydrogen-bond acceptors (Lipinski definition) is 6. The van der Waals surface area contributed by atoms with Gasteiger partial charge in [-0.25, -0.2) is 0 Å². The fourth-order valence-electron chi connectivity index (χ4n) is 8.05. The van der Waals surface area contributed by atoms with Gasteiger partial charge in [-0.05, 0) is 51.4 Å². The summed E-state index contributed by atoms with van der Waals surface area (Å²) in [5, 5.41) is 0. The average Bonchev–Trinajstić information content (AvgIpc) is 3.28. The summed E-state index contributed by atoms with van der Waals surface area (Å²) in [4.78, 5) is 38.1. The van der Waals surface area contributed by atoms with Crippen molar-refractivity contribution in [1.29, 1.82) is 0 Å². The molecule has 0 bridgehead atoms. The average molecular weight is 885 g/mol. The summed E-state index contributed by atoms with van der Waals surface area (Å²) in [6.45, 7) is 6.55. The van der Waals surface area contributed by atoms with E-state index in [1.54, 1.807) is 0 Å². The van der Waals surface area contributed by atoms with Gasteiger partial charge in [0.1, 0.15) is 13.2 Å². The molecule has 0 aromatic carbocycles. The Morgan fingerprint density at radius 1 is 0.333 bits per heavy atom. The van der Waals surface area contributed by atoms with E-state index >= 15 is 0 Å². The Morgan fingerprint density at radius 2 is 0.619 bits per heavy atom. The molecule has 368 valence electrons. The molecule has 1 unspecified atom stereocenters. The number of esters is 3. The number of carbonyl (C=O) groups is 3. The van der Waals surface area contributed by atoms with Crippen LogP contribution < -0.4 is 0 Å². The standard InChI is InChI=1S/C57H104O6/c1-4-7-10-13-16-19-22-25-28-30-32-35-38-41-44-47-50-56(59)62-53-54(52-61-55(58)49-46-43-40-37-34-31-27-24-21-18-15-12-9-6-3)63-57(60)51-48-45-42-39-36-33-29-26-23-20-17-14-11-8-5-2/h7,10,16,19,25,28,54H,4-6,8-9,11-15,17-18,20-24,26-27,29-53H2,1-3H3/b10-7-,19-16-,28-25-. The van der Waals surface area contributed by atoms with Gasteiger partial charge >= 0.3 is 17.9 Å². The quantitative estimate of drug-likeness (QED) is 0.0262. The molecule has 0 aliphatic carbocycles. The van der Waals surface area contributed by atoms with Crippen LogP contribution in [0.25, 0.3) is 0 Å². The normalized spacial score (nSPS) is 12.2. The van der Waals surface area contributed by atoms with Gasteiger partial charge in [0.2, 0.25) is 0 Å². The van der Waals surface area contributed by atoms with Crippen LogP contribution in [0, 0.1) is 0 Å². The number of hydrogen-bond donors (Lipinski definition) is 0.